The molecule has 0 N–H and O–H groups in total. The van der Waals surface area contributed by atoms with Crippen molar-refractivity contribution in [1.29, 1.82) is 5.26 Å². The quantitative estimate of drug-likeness (QED) is 0.453. The van der Waals surface area contributed by atoms with Gasteiger partial charge in [0.1, 0.15) is 5.75 Å². The maximum atomic E-state index is 8.99. The number of hydrogen-bond donors (Lipinski definition) is 0. The van der Waals surface area contributed by atoms with Crippen molar-refractivity contribution in [3.63, 3.8) is 0 Å². The summed E-state index contributed by atoms with van der Waals surface area (Å²) in [4.78, 5) is 0. The molecule has 0 amide bonds. The molecule has 0 heterocycles. The average molecular weight is 328 g/mol. The molecule has 0 atom stereocenters. The lowest BCUT2D eigenvalue weighted by Gasteiger charge is -2.25. The maximum Gasteiger partial charge on any atom is 0.119 e. The molecule has 24 heavy (non-hydrogen) atoms. The largest absolute Gasteiger partial charge is 0.494 e. The van der Waals surface area contributed by atoms with Crippen molar-refractivity contribution in [2.75, 3.05) is 6.61 Å². The lowest BCUT2D eigenvalue weighted by Crippen LogP contribution is -2.11. The second kappa shape index (κ2) is 11.1. The molecule has 0 bridgehead atoms. The van der Waals surface area contributed by atoms with Crippen LogP contribution in [-0.2, 0) is 0 Å². The minimum Gasteiger partial charge on any atom is -0.494 e. The molecule has 0 spiro atoms. The Morgan fingerprint density at radius 1 is 0.917 bits per heavy atom. The van der Waals surface area contributed by atoms with Crippen molar-refractivity contribution in [3.05, 3.63) is 29.8 Å². The van der Waals surface area contributed by atoms with Crippen molar-refractivity contribution in [3.8, 4) is 11.8 Å². The molecule has 1 saturated carbocycles. The molecule has 1 aromatic rings. The molecule has 132 valence electrons. The second-order valence-corrected chi connectivity index (χ2v) is 7.22. The minimum atomic E-state index is 0.283. The molecule has 2 rings (SSSR count). The van der Waals surface area contributed by atoms with Gasteiger partial charge in [-0.15, -0.1) is 0 Å². The van der Waals surface area contributed by atoms with Gasteiger partial charge in [0.25, 0.3) is 0 Å². The van der Waals surface area contributed by atoms with E-state index in [-0.39, 0.29) is 5.92 Å². The van der Waals surface area contributed by atoms with Crippen LogP contribution in [-0.4, -0.2) is 6.61 Å². The molecular weight excluding hydrogens is 294 g/mol. The highest BCUT2D eigenvalue weighted by Crippen LogP contribution is 2.35. The lowest BCUT2D eigenvalue weighted by molar-refractivity contribution is 0.304. The highest BCUT2D eigenvalue weighted by Gasteiger charge is 2.21. The fourth-order valence-electron chi connectivity index (χ4n) is 3.64. The van der Waals surface area contributed by atoms with Crippen LogP contribution in [0.5, 0.6) is 5.75 Å². The minimum absolute atomic E-state index is 0.283. The molecule has 0 saturated heterocycles. The molecule has 1 aliphatic rings. The van der Waals surface area contributed by atoms with Crippen LogP contribution >= 0.6 is 0 Å². The van der Waals surface area contributed by atoms with Crippen LogP contribution in [0.3, 0.4) is 0 Å². The standard InChI is InChI=1S/C22H33NO/c1-2-3-4-5-6-7-8-17-24-22-15-13-21(14-16-22)20-11-9-19(18-23)10-12-20/h13-16,19-20H,2-12,17H2,1H3. The third-order valence-corrected chi connectivity index (χ3v) is 5.28. The van der Waals surface area contributed by atoms with E-state index < -0.39 is 0 Å². The van der Waals surface area contributed by atoms with Crippen LogP contribution in [0.25, 0.3) is 0 Å². The molecule has 0 unspecified atom stereocenters. The summed E-state index contributed by atoms with van der Waals surface area (Å²) in [6.45, 7) is 3.09. The third-order valence-electron chi connectivity index (χ3n) is 5.28. The molecule has 1 aliphatic carbocycles. The molecular formula is C22H33NO. The highest BCUT2D eigenvalue weighted by atomic mass is 16.5. The Morgan fingerprint density at radius 3 is 2.17 bits per heavy atom. The van der Waals surface area contributed by atoms with Gasteiger partial charge < -0.3 is 4.74 Å². The number of ether oxygens (including phenoxy) is 1. The summed E-state index contributed by atoms with van der Waals surface area (Å²) in [5.41, 5.74) is 1.41. The van der Waals surface area contributed by atoms with Gasteiger partial charge in [-0.25, -0.2) is 0 Å². The fourth-order valence-corrected chi connectivity index (χ4v) is 3.64. The summed E-state index contributed by atoms with van der Waals surface area (Å²) in [7, 11) is 0. The molecule has 2 heteroatoms. The Hall–Kier alpha value is -1.49. The predicted octanol–water partition coefficient (Wildman–Crippen LogP) is 6.61. The zero-order valence-corrected chi connectivity index (χ0v) is 15.3. The van der Waals surface area contributed by atoms with Crippen LogP contribution in [0.1, 0.15) is 89.0 Å². The van der Waals surface area contributed by atoms with Crippen LogP contribution in [0.2, 0.25) is 0 Å². The Kier molecular flexibility index (Phi) is 8.74. The summed E-state index contributed by atoms with van der Waals surface area (Å²) in [6, 6.07) is 11.1. The molecule has 0 aromatic heterocycles. The van der Waals surface area contributed by atoms with E-state index in [1.807, 2.05) is 0 Å². The van der Waals surface area contributed by atoms with E-state index in [1.165, 1.54) is 44.1 Å². The average Bonchev–Trinajstić information content (AvgIpc) is 2.64. The van der Waals surface area contributed by atoms with E-state index in [4.69, 9.17) is 10.00 Å². The first kappa shape index (κ1) is 18.8. The zero-order chi connectivity index (χ0) is 17.0. The van der Waals surface area contributed by atoms with Crippen molar-refractivity contribution in [2.45, 2.75) is 83.5 Å². The Bertz CT molecular complexity index is 480. The number of benzene rings is 1. The molecule has 1 aromatic carbocycles. The van der Waals surface area contributed by atoms with Gasteiger partial charge in [0.05, 0.1) is 12.7 Å². The van der Waals surface area contributed by atoms with Crippen molar-refractivity contribution in [2.24, 2.45) is 5.92 Å². The lowest BCUT2D eigenvalue weighted by atomic mass is 9.79. The SMILES string of the molecule is CCCCCCCCCOc1ccc(C2CCC(C#N)CC2)cc1. The number of nitriles is 1. The van der Waals surface area contributed by atoms with Crippen LogP contribution in [0, 0.1) is 17.2 Å². The first-order valence-corrected chi connectivity index (χ1v) is 9.96. The zero-order valence-electron chi connectivity index (χ0n) is 15.3. The van der Waals surface area contributed by atoms with Crippen LogP contribution in [0.15, 0.2) is 24.3 Å². The summed E-state index contributed by atoms with van der Waals surface area (Å²) >= 11 is 0. The summed E-state index contributed by atoms with van der Waals surface area (Å²) in [5, 5.41) is 8.99. The van der Waals surface area contributed by atoms with E-state index in [1.54, 1.807) is 0 Å². The maximum absolute atomic E-state index is 8.99. The fraction of sp³-hybridized carbons (Fsp3) is 0.682. The summed E-state index contributed by atoms with van der Waals surface area (Å²) in [5.74, 6) is 1.91. The van der Waals surface area contributed by atoms with Crippen LogP contribution < -0.4 is 4.74 Å². The molecule has 2 nitrogen and oxygen atoms in total. The van der Waals surface area contributed by atoms with Gasteiger partial charge in [0.2, 0.25) is 0 Å². The second-order valence-electron chi connectivity index (χ2n) is 7.22. The van der Waals surface area contributed by atoms with Crippen LogP contribution in [0.4, 0.5) is 0 Å². The smallest absolute Gasteiger partial charge is 0.119 e. The van der Waals surface area contributed by atoms with Gasteiger partial charge in [0, 0.05) is 5.92 Å². The normalized spacial score (nSPS) is 20.5. The monoisotopic (exact) mass is 327 g/mol. The van der Waals surface area contributed by atoms with E-state index in [9.17, 15) is 0 Å². The van der Waals surface area contributed by atoms with Gasteiger partial charge in [-0.3, -0.25) is 0 Å². The molecule has 1 fully saturated rings. The Morgan fingerprint density at radius 2 is 1.54 bits per heavy atom. The summed E-state index contributed by atoms with van der Waals surface area (Å²) in [6.07, 6.45) is 13.6. The Labute approximate surface area is 148 Å². The van der Waals surface area contributed by atoms with E-state index in [0.717, 1.165) is 44.5 Å². The first-order chi connectivity index (χ1) is 11.8. The predicted molar refractivity (Wildman–Crippen MR) is 100 cm³/mol. The van der Waals surface area contributed by atoms with Gasteiger partial charge in [-0.2, -0.15) is 5.26 Å². The number of unbranched alkanes of at least 4 members (excludes halogenated alkanes) is 6. The van der Waals surface area contributed by atoms with Gasteiger partial charge in [-0.1, -0.05) is 57.6 Å². The van der Waals surface area contributed by atoms with Gasteiger partial charge in [0.15, 0.2) is 0 Å². The van der Waals surface area contributed by atoms with E-state index in [0.29, 0.717) is 5.92 Å². The number of nitrogens with zero attached hydrogens (tertiary/aromatic N) is 1. The summed E-state index contributed by atoms with van der Waals surface area (Å²) < 4.78 is 5.87. The first-order valence-electron chi connectivity index (χ1n) is 9.96. The highest BCUT2D eigenvalue weighted by molar-refractivity contribution is 5.29. The van der Waals surface area contributed by atoms with Crippen molar-refractivity contribution in [1.82, 2.24) is 0 Å². The number of hydrogen-bond acceptors (Lipinski definition) is 2. The molecule has 0 aliphatic heterocycles. The number of rotatable bonds is 10. The van der Waals surface area contributed by atoms with Crippen molar-refractivity contribution >= 4 is 0 Å². The molecule has 0 radical (unpaired) electrons. The Balaban J connectivity index is 1.61. The van der Waals surface area contributed by atoms with Gasteiger partial charge >= 0.3 is 0 Å². The van der Waals surface area contributed by atoms with Gasteiger partial charge in [-0.05, 0) is 55.7 Å². The van der Waals surface area contributed by atoms with E-state index in [2.05, 4.69) is 37.3 Å². The topological polar surface area (TPSA) is 33.0 Å². The third kappa shape index (κ3) is 6.56. The van der Waals surface area contributed by atoms with Crippen molar-refractivity contribution < 1.29 is 4.74 Å². The van der Waals surface area contributed by atoms with E-state index >= 15 is 0 Å².